The Morgan fingerprint density at radius 2 is 2.00 bits per heavy atom. The Kier molecular flexibility index (Phi) is 5.79. The van der Waals surface area contributed by atoms with Crippen molar-refractivity contribution < 1.29 is 19.2 Å². The molecule has 0 aliphatic heterocycles. The molecular formula is C17H13N3O5. The van der Waals surface area contributed by atoms with Gasteiger partial charge in [0.2, 0.25) is 0 Å². The van der Waals surface area contributed by atoms with Gasteiger partial charge in [0, 0.05) is 17.8 Å². The highest BCUT2D eigenvalue weighted by molar-refractivity contribution is 5.95. The Morgan fingerprint density at radius 3 is 2.60 bits per heavy atom. The molecule has 0 spiro atoms. The van der Waals surface area contributed by atoms with Crippen LogP contribution >= 0.6 is 0 Å². The molecule has 0 radical (unpaired) electrons. The van der Waals surface area contributed by atoms with Crippen molar-refractivity contribution in [1.82, 2.24) is 0 Å². The van der Waals surface area contributed by atoms with Gasteiger partial charge in [-0.25, -0.2) is 0 Å². The van der Waals surface area contributed by atoms with Crippen LogP contribution in [0.3, 0.4) is 0 Å². The second kappa shape index (κ2) is 8.21. The molecule has 8 heteroatoms. The van der Waals surface area contributed by atoms with Crippen LogP contribution in [0, 0.1) is 21.4 Å². The number of rotatable bonds is 7. The lowest BCUT2D eigenvalue weighted by Gasteiger charge is -2.20. The fourth-order valence-electron chi connectivity index (χ4n) is 2.09. The van der Waals surface area contributed by atoms with Gasteiger partial charge in [-0.3, -0.25) is 24.6 Å². The van der Waals surface area contributed by atoms with Crippen LogP contribution in [-0.2, 0) is 4.79 Å². The first-order valence-electron chi connectivity index (χ1n) is 7.15. The van der Waals surface area contributed by atoms with Crippen LogP contribution in [0.1, 0.15) is 10.4 Å². The van der Waals surface area contributed by atoms with Crippen LogP contribution in [0.4, 0.5) is 11.4 Å². The molecule has 2 aromatic carbocycles. The molecule has 0 saturated heterocycles. The summed E-state index contributed by atoms with van der Waals surface area (Å²) in [5.74, 6) is -0.429. The highest BCUT2D eigenvalue weighted by Crippen LogP contribution is 2.23. The first-order valence-corrected chi connectivity index (χ1v) is 7.15. The van der Waals surface area contributed by atoms with E-state index in [4.69, 9.17) is 10.00 Å². The number of nitrogens with zero attached hydrogens (tertiary/aromatic N) is 3. The largest absolute Gasteiger partial charge is 0.483 e. The summed E-state index contributed by atoms with van der Waals surface area (Å²) in [4.78, 5) is 34.7. The number of carbonyl (C=O) groups excluding carboxylic acids is 2. The van der Waals surface area contributed by atoms with Gasteiger partial charge in [-0.05, 0) is 18.2 Å². The van der Waals surface area contributed by atoms with Crippen LogP contribution in [0.5, 0.6) is 5.75 Å². The van der Waals surface area contributed by atoms with Crippen molar-refractivity contribution in [2.45, 2.75) is 0 Å². The SMILES string of the molecule is N#CCN(C(=O)COc1ccc([N+](=O)[O-])cc1C=O)c1ccccc1. The maximum Gasteiger partial charge on any atom is 0.270 e. The minimum absolute atomic E-state index is 0.0338. The monoisotopic (exact) mass is 339 g/mol. The van der Waals surface area contributed by atoms with Crippen LogP contribution in [0.15, 0.2) is 48.5 Å². The zero-order valence-electron chi connectivity index (χ0n) is 13.0. The molecule has 1 amide bonds. The van der Waals surface area contributed by atoms with E-state index in [9.17, 15) is 19.7 Å². The van der Waals surface area contributed by atoms with Gasteiger partial charge in [0.15, 0.2) is 12.9 Å². The van der Waals surface area contributed by atoms with Gasteiger partial charge in [0.1, 0.15) is 12.3 Å². The minimum atomic E-state index is -0.633. The van der Waals surface area contributed by atoms with Gasteiger partial charge in [-0.1, -0.05) is 18.2 Å². The van der Waals surface area contributed by atoms with E-state index in [-0.39, 0.29) is 23.5 Å². The lowest BCUT2D eigenvalue weighted by atomic mass is 10.2. The van der Waals surface area contributed by atoms with E-state index in [0.717, 1.165) is 6.07 Å². The number of hydrogen-bond donors (Lipinski definition) is 0. The smallest absolute Gasteiger partial charge is 0.270 e. The summed E-state index contributed by atoms with van der Waals surface area (Å²) in [6, 6.07) is 14.0. The molecular weight excluding hydrogens is 326 g/mol. The Morgan fingerprint density at radius 1 is 1.28 bits per heavy atom. The van der Waals surface area contributed by atoms with E-state index in [1.807, 2.05) is 6.07 Å². The summed E-state index contributed by atoms with van der Waals surface area (Å²) in [5, 5.41) is 19.6. The fraction of sp³-hybridized carbons (Fsp3) is 0.118. The lowest BCUT2D eigenvalue weighted by molar-refractivity contribution is -0.384. The Hall–Kier alpha value is -3.73. The summed E-state index contributed by atoms with van der Waals surface area (Å²) in [5.41, 5.74) is 0.252. The number of benzene rings is 2. The van der Waals surface area contributed by atoms with Crippen LogP contribution in [0.25, 0.3) is 0 Å². The number of para-hydroxylation sites is 1. The molecule has 2 aromatic rings. The van der Waals surface area contributed by atoms with Crippen molar-refractivity contribution in [3.05, 3.63) is 64.2 Å². The third-order valence-corrected chi connectivity index (χ3v) is 3.28. The number of carbonyl (C=O) groups is 2. The van der Waals surface area contributed by atoms with Crippen LogP contribution in [-0.4, -0.2) is 30.3 Å². The number of nitro benzene ring substituents is 1. The molecule has 0 atom stereocenters. The molecule has 8 nitrogen and oxygen atoms in total. The van der Waals surface area contributed by atoms with Gasteiger partial charge in [0.05, 0.1) is 16.6 Å². The Bertz CT molecular complexity index is 830. The number of amides is 1. The number of non-ortho nitro benzene ring substituents is 1. The third kappa shape index (κ3) is 4.39. The predicted molar refractivity (Wildman–Crippen MR) is 88.4 cm³/mol. The summed E-state index contributed by atoms with van der Waals surface area (Å²) >= 11 is 0. The molecule has 0 N–H and O–H groups in total. The zero-order chi connectivity index (χ0) is 18.2. The molecule has 0 aliphatic rings. The van der Waals surface area contributed by atoms with Crippen molar-refractivity contribution in [1.29, 1.82) is 5.26 Å². The molecule has 126 valence electrons. The maximum atomic E-state index is 12.3. The minimum Gasteiger partial charge on any atom is -0.483 e. The number of nitriles is 1. The lowest BCUT2D eigenvalue weighted by Crippen LogP contribution is -2.35. The second-order valence-corrected chi connectivity index (χ2v) is 4.86. The second-order valence-electron chi connectivity index (χ2n) is 4.86. The van der Waals surface area contributed by atoms with Crippen LogP contribution in [0.2, 0.25) is 0 Å². The number of ether oxygens (including phenoxy) is 1. The number of anilines is 1. The quantitative estimate of drug-likeness (QED) is 0.331. The zero-order valence-corrected chi connectivity index (χ0v) is 13.0. The van der Waals surface area contributed by atoms with Crippen molar-refractivity contribution >= 4 is 23.6 Å². The van der Waals surface area contributed by atoms with Gasteiger partial charge in [0.25, 0.3) is 11.6 Å². The third-order valence-electron chi connectivity index (χ3n) is 3.28. The maximum absolute atomic E-state index is 12.3. The number of aldehydes is 1. The fourth-order valence-corrected chi connectivity index (χ4v) is 2.09. The van der Waals surface area contributed by atoms with E-state index in [1.54, 1.807) is 30.3 Å². The Balaban J connectivity index is 2.14. The van der Waals surface area contributed by atoms with Gasteiger partial charge < -0.3 is 4.74 Å². The van der Waals surface area contributed by atoms with Crippen molar-refractivity contribution in [3.8, 4) is 11.8 Å². The summed E-state index contributed by atoms with van der Waals surface area (Å²) in [6.07, 6.45) is 0.414. The van der Waals surface area contributed by atoms with Gasteiger partial charge in [-0.15, -0.1) is 0 Å². The standard InChI is InChI=1S/C17H13N3O5/c18-8-9-19(14-4-2-1-3-5-14)17(22)12-25-16-7-6-15(20(23)24)10-13(16)11-21/h1-7,10-11H,9,12H2. The molecule has 0 aromatic heterocycles. The Labute approximate surface area is 143 Å². The number of hydrogen-bond acceptors (Lipinski definition) is 6. The molecule has 0 fully saturated rings. The molecule has 0 saturated carbocycles. The van der Waals surface area contributed by atoms with Gasteiger partial charge in [-0.2, -0.15) is 5.26 Å². The van der Waals surface area contributed by atoms with Crippen molar-refractivity contribution in [2.24, 2.45) is 0 Å². The highest BCUT2D eigenvalue weighted by atomic mass is 16.6. The van der Waals surface area contributed by atoms with E-state index in [1.165, 1.54) is 17.0 Å². The first kappa shape index (κ1) is 17.6. The summed E-state index contributed by atoms with van der Waals surface area (Å²) in [6.45, 7) is -0.581. The molecule has 0 bridgehead atoms. The highest BCUT2D eigenvalue weighted by Gasteiger charge is 2.17. The number of nitro groups is 1. The summed E-state index contributed by atoms with van der Waals surface area (Å²) in [7, 11) is 0. The van der Waals surface area contributed by atoms with E-state index in [0.29, 0.717) is 12.0 Å². The molecule has 2 rings (SSSR count). The average molecular weight is 339 g/mol. The predicted octanol–water partition coefficient (Wildman–Crippen LogP) is 2.34. The molecule has 0 unspecified atom stereocenters. The van der Waals surface area contributed by atoms with E-state index in [2.05, 4.69) is 0 Å². The van der Waals surface area contributed by atoms with Crippen molar-refractivity contribution in [2.75, 3.05) is 18.1 Å². The first-order chi connectivity index (χ1) is 12.1. The normalized spacial score (nSPS) is 9.72. The molecule has 25 heavy (non-hydrogen) atoms. The molecule has 0 aliphatic carbocycles. The average Bonchev–Trinajstić information content (AvgIpc) is 2.64. The van der Waals surface area contributed by atoms with Crippen LogP contribution < -0.4 is 9.64 Å². The van der Waals surface area contributed by atoms with Crippen molar-refractivity contribution in [3.63, 3.8) is 0 Å². The summed E-state index contributed by atoms with van der Waals surface area (Å²) < 4.78 is 5.32. The van der Waals surface area contributed by atoms with E-state index < -0.39 is 17.4 Å². The molecule has 0 heterocycles. The van der Waals surface area contributed by atoms with Gasteiger partial charge >= 0.3 is 0 Å². The topological polar surface area (TPSA) is 114 Å². The van der Waals surface area contributed by atoms with E-state index >= 15 is 0 Å².